The molecule has 3 N–H and O–H groups in total. The van der Waals surface area contributed by atoms with E-state index in [1.54, 1.807) is 7.11 Å². The van der Waals surface area contributed by atoms with Gasteiger partial charge in [-0.2, -0.15) is 0 Å². The normalized spacial score (nSPS) is 11.9. The summed E-state index contributed by atoms with van der Waals surface area (Å²) in [7, 11) is 1.62. The van der Waals surface area contributed by atoms with Crippen molar-refractivity contribution in [2.75, 3.05) is 13.7 Å². The van der Waals surface area contributed by atoms with Gasteiger partial charge >= 0.3 is 0 Å². The summed E-state index contributed by atoms with van der Waals surface area (Å²) in [5.74, 6) is 1.63. The Morgan fingerprint density at radius 3 is 2.33 bits per heavy atom. The Kier molecular flexibility index (Phi) is 3.97. The zero-order valence-electron chi connectivity index (χ0n) is 8.99. The summed E-state index contributed by atoms with van der Waals surface area (Å²) in [5.41, 5.74) is 5.33. The Labute approximate surface area is 89.5 Å². The Bertz CT molecular complexity index is 322. The summed E-state index contributed by atoms with van der Waals surface area (Å²) in [6.45, 7) is 2.27. The minimum absolute atomic E-state index is 0.0629. The SMILES string of the molecule is COc1ccc(OCC(C)C(=N)N)cc1. The molecule has 0 saturated heterocycles. The van der Waals surface area contributed by atoms with Gasteiger partial charge in [0.25, 0.3) is 0 Å². The maximum absolute atomic E-state index is 7.21. The van der Waals surface area contributed by atoms with Gasteiger partial charge in [0.15, 0.2) is 0 Å². The van der Waals surface area contributed by atoms with E-state index in [1.165, 1.54) is 0 Å². The highest BCUT2D eigenvalue weighted by Crippen LogP contribution is 2.17. The van der Waals surface area contributed by atoms with Crippen LogP contribution in [-0.4, -0.2) is 19.6 Å². The molecule has 0 amide bonds. The van der Waals surface area contributed by atoms with Gasteiger partial charge < -0.3 is 15.2 Å². The molecule has 0 fully saturated rings. The molecule has 0 bridgehead atoms. The van der Waals surface area contributed by atoms with E-state index in [2.05, 4.69) is 0 Å². The molecule has 4 nitrogen and oxygen atoms in total. The second kappa shape index (κ2) is 5.24. The van der Waals surface area contributed by atoms with Gasteiger partial charge in [-0.1, -0.05) is 6.92 Å². The van der Waals surface area contributed by atoms with Gasteiger partial charge in [0.05, 0.1) is 19.6 Å². The topological polar surface area (TPSA) is 68.3 Å². The molecule has 15 heavy (non-hydrogen) atoms. The van der Waals surface area contributed by atoms with E-state index in [1.807, 2.05) is 31.2 Å². The number of amidine groups is 1. The van der Waals surface area contributed by atoms with E-state index in [4.69, 9.17) is 20.6 Å². The molecular formula is C11H16N2O2. The number of nitrogens with two attached hydrogens (primary N) is 1. The van der Waals surface area contributed by atoms with Crippen molar-refractivity contribution < 1.29 is 9.47 Å². The third-order valence-electron chi connectivity index (χ3n) is 2.09. The summed E-state index contributed by atoms with van der Waals surface area (Å²) < 4.78 is 10.5. The van der Waals surface area contributed by atoms with E-state index >= 15 is 0 Å². The summed E-state index contributed by atoms with van der Waals surface area (Å²) in [6, 6.07) is 7.30. The van der Waals surface area contributed by atoms with Gasteiger partial charge in [-0.05, 0) is 24.3 Å². The van der Waals surface area contributed by atoms with Crippen LogP contribution in [0.3, 0.4) is 0 Å². The molecule has 0 heterocycles. The Hall–Kier alpha value is -1.71. The number of rotatable bonds is 5. The number of nitrogens with one attached hydrogen (secondary N) is 1. The first kappa shape index (κ1) is 11.4. The molecule has 0 aliphatic heterocycles. The highest BCUT2D eigenvalue weighted by molar-refractivity contribution is 5.79. The average Bonchev–Trinajstić information content (AvgIpc) is 2.26. The molecule has 0 saturated carbocycles. The van der Waals surface area contributed by atoms with Crippen LogP contribution in [0.4, 0.5) is 0 Å². The monoisotopic (exact) mass is 208 g/mol. The molecule has 1 aromatic rings. The van der Waals surface area contributed by atoms with Crippen molar-refractivity contribution >= 4 is 5.84 Å². The second-order valence-electron chi connectivity index (χ2n) is 3.34. The fraction of sp³-hybridized carbons (Fsp3) is 0.364. The molecule has 1 rings (SSSR count). The van der Waals surface area contributed by atoms with Crippen LogP contribution in [0.1, 0.15) is 6.92 Å². The maximum Gasteiger partial charge on any atom is 0.119 e. The molecule has 1 atom stereocenters. The number of benzene rings is 1. The number of hydrogen-bond acceptors (Lipinski definition) is 3. The van der Waals surface area contributed by atoms with Crippen molar-refractivity contribution in [3.8, 4) is 11.5 Å². The van der Waals surface area contributed by atoms with Crippen molar-refractivity contribution in [3.05, 3.63) is 24.3 Å². The van der Waals surface area contributed by atoms with Gasteiger partial charge in [-0.3, -0.25) is 5.41 Å². The molecule has 0 aliphatic rings. The first-order valence-electron chi connectivity index (χ1n) is 4.74. The van der Waals surface area contributed by atoms with E-state index in [0.717, 1.165) is 11.5 Å². The Morgan fingerprint density at radius 1 is 1.33 bits per heavy atom. The van der Waals surface area contributed by atoms with Gasteiger partial charge in [0, 0.05) is 5.92 Å². The van der Waals surface area contributed by atoms with E-state index in [0.29, 0.717) is 6.61 Å². The number of hydrogen-bond donors (Lipinski definition) is 2. The van der Waals surface area contributed by atoms with Gasteiger partial charge in [0.1, 0.15) is 11.5 Å². The summed E-state index contributed by atoms with van der Waals surface area (Å²) in [5, 5.41) is 7.21. The lowest BCUT2D eigenvalue weighted by molar-refractivity contribution is 0.291. The molecule has 1 aromatic carbocycles. The Morgan fingerprint density at radius 2 is 1.87 bits per heavy atom. The highest BCUT2D eigenvalue weighted by Gasteiger charge is 2.05. The number of ether oxygens (including phenoxy) is 2. The molecule has 0 spiro atoms. The largest absolute Gasteiger partial charge is 0.497 e. The second-order valence-corrected chi connectivity index (χ2v) is 3.34. The average molecular weight is 208 g/mol. The lowest BCUT2D eigenvalue weighted by Crippen LogP contribution is -2.25. The van der Waals surface area contributed by atoms with Crippen LogP contribution >= 0.6 is 0 Å². The zero-order chi connectivity index (χ0) is 11.3. The minimum atomic E-state index is -0.0629. The van der Waals surface area contributed by atoms with Crippen LogP contribution in [0.15, 0.2) is 24.3 Å². The maximum atomic E-state index is 7.21. The van der Waals surface area contributed by atoms with Crippen molar-refractivity contribution in [1.82, 2.24) is 0 Å². The minimum Gasteiger partial charge on any atom is -0.497 e. The quantitative estimate of drug-likeness (QED) is 0.571. The van der Waals surface area contributed by atoms with E-state index < -0.39 is 0 Å². The first-order chi connectivity index (χ1) is 7.13. The van der Waals surface area contributed by atoms with Crippen molar-refractivity contribution in [2.24, 2.45) is 11.7 Å². The predicted molar refractivity (Wildman–Crippen MR) is 59.6 cm³/mol. The molecule has 0 aliphatic carbocycles. The summed E-state index contributed by atoms with van der Waals surface area (Å²) in [4.78, 5) is 0. The fourth-order valence-electron chi connectivity index (χ4n) is 0.983. The van der Waals surface area contributed by atoms with Crippen LogP contribution in [0.5, 0.6) is 11.5 Å². The third-order valence-corrected chi connectivity index (χ3v) is 2.09. The van der Waals surface area contributed by atoms with Crippen molar-refractivity contribution in [2.45, 2.75) is 6.92 Å². The molecule has 1 unspecified atom stereocenters. The van der Waals surface area contributed by atoms with Gasteiger partial charge in [-0.15, -0.1) is 0 Å². The molecule has 4 heteroatoms. The third kappa shape index (κ3) is 3.50. The van der Waals surface area contributed by atoms with Crippen LogP contribution < -0.4 is 15.2 Å². The van der Waals surface area contributed by atoms with Crippen LogP contribution in [-0.2, 0) is 0 Å². The number of methoxy groups -OCH3 is 1. The molecule has 0 radical (unpaired) electrons. The lowest BCUT2D eigenvalue weighted by atomic mass is 10.2. The summed E-state index contributed by atoms with van der Waals surface area (Å²) in [6.07, 6.45) is 0. The predicted octanol–water partition coefficient (Wildman–Crippen LogP) is 1.65. The van der Waals surface area contributed by atoms with E-state index in [9.17, 15) is 0 Å². The van der Waals surface area contributed by atoms with Crippen molar-refractivity contribution in [3.63, 3.8) is 0 Å². The molecule has 82 valence electrons. The fourth-order valence-corrected chi connectivity index (χ4v) is 0.983. The standard InChI is InChI=1S/C11H16N2O2/c1-8(11(12)13)7-15-10-5-3-9(14-2)4-6-10/h3-6,8H,7H2,1-2H3,(H3,12,13). The zero-order valence-corrected chi connectivity index (χ0v) is 8.99. The smallest absolute Gasteiger partial charge is 0.119 e. The van der Waals surface area contributed by atoms with Crippen LogP contribution in [0.2, 0.25) is 0 Å². The highest BCUT2D eigenvalue weighted by atomic mass is 16.5. The summed E-state index contributed by atoms with van der Waals surface area (Å²) >= 11 is 0. The first-order valence-corrected chi connectivity index (χ1v) is 4.74. The Balaban J connectivity index is 2.47. The van der Waals surface area contributed by atoms with Gasteiger partial charge in [-0.25, -0.2) is 0 Å². The van der Waals surface area contributed by atoms with Crippen LogP contribution in [0, 0.1) is 11.3 Å². The van der Waals surface area contributed by atoms with E-state index in [-0.39, 0.29) is 11.8 Å². The molecular weight excluding hydrogens is 192 g/mol. The van der Waals surface area contributed by atoms with Crippen LogP contribution in [0.25, 0.3) is 0 Å². The van der Waals surface area contributed by atoms with Gasteiger partial charge in [0.2, 0.25) is 0 Å². The van der Waals surface area contributed by atoms with Crippen molar-refractivity contribution in [1.29, 1.82) is 5.41 Å². The lowest BCUT2D eigenvalue weighted by Gasteiger charge is -2.11. The molecule has 0 aromatic heterocycles.